The first-order valence-corrected chi connectivity index (χ1v) is 7.92. The number of nitrogens with zero attached hydrogens (tertiary/aromatic N) is 3. The van der Waals surface area contributed by atoms with Gasteiger partial charge in [-0.2, -0.15) is 4.31 Å². The summed E-state index contributed by atoms with van der Waals surface area (Å²) < 4.78 is 26.2. The summed E-state index contributed by atoms with van der Waals surface area (Å²) in [5.74, 6) is 0. The number of unbranched alkanes of at least 4 members (excludes halogenated alkanes) is 1. The Morgan fingerprint density at radius 3 is 2.65 bits per heavy atom. The summed E-state index contributed by atoms with van der Waals surface area (Å²) in [4.78, 5) is 0. The SMILES string of the molecule is CCCCN(C1CC1)S(=O)(=O)c1nnc(N)s1. The summed E-state index contributed by atoms with van der Waals surface area (Å²) in [7, 11) is -3.49. The second kappa shape index (κ2) is 4.87. The lowest BCUT2D eigenvalue weighted by atomic mass is 10.3. The van der Waals surface area contributed by atoms with Crippen LogP contribution >= 0.6 is 11.3 Å². The maximum absolute atomic E-state index is 12.3. The summed E-state index contributed by atoms with van der Waals surface area (Å²) >= 11 is 0.928. The van der Waals surface area contributed by atoms with Crippen LogP contribution in [0.4, 0.5) is 5.13 Å². The number of aromatic nitrogens is 2. The van der Waals surface area contributed by atoms with E-state index in [1.54, 1.807) is 4.31 Å². The molecule has 1 aliphatic carbocycles. The van der Waals surface area contributed by atoms with E-state index in [0.29, 0.717) is 6.54 Å². The van der Waals surface area contributed by atoms with Crippen molar-refractivity contribution in [1.29, 1.82) is 0 Å². The molecule has 1 aliphatic rings. The van der Waals surface area contributed by atoms with Gasteiger partial charge in [0.15, 0.2) is 0 Å². The molecule has 1 saturated carbocycles. The smallest absolute Gasteiger partial charge is 0.272 e. The number of nitrogen functional groups attached to an aromatic ring is 1. The van der Waals surface area contributed by atoms with E-state index in [-0.39, 0.29) is 15.5 Å². The van der Waals surface area contributed by atoms with Crippen LogP contribution in [-0.2, 0) is 10.0 Å². The number of nitrogens with two attached hydrogens (primary N) is 1. The largest absolute Gasteiger partial charge is 0.374 e. The highest BCUT2D eigenvalue weighted by Crippen LogP contribution is 2.33. The van der Waals surface area contributed by atoms with Gasteiger partial charge in [0.25, 0.3) is 10.0 Å². The van der Waals surface area contributed by atoms with Gasteiger partial charge in [0.1, 0.15) is 0 Å². The highest BCUT2D eigenvalue weighted by molar-refractivity contribution is 7.91. The van der Waals surface area contributed by atoms with Gasteiger partial charge in [0.05, 0.1) is 0 Å². The fourth-order valence-electron chi connectivity index (χ4n) is 1.60. The van der Waals surface area contributed by atoms with Crippen molar-refractivity contribution in [2.75, 3.05) is 12.3 Å². The van der Waals surface area contributed by atoms with Gasteiger partial charge in [-0.05, 0) is 19.3 Å². The molecule has 1 aromatic rings. The van der Waals surface area contributed by atoms with E-state index in [1.807, 2.05) is 6.92 Å². The minimum Gasteiger partial charge on any atom is -0.374 e. The van der Waals surface area contributed by atoms with Crippen LogP contribution in [0, 0.1) is 0 Å². The van der Waals surface area contributed by atoms with Crippen LogP contribution in [0.1, 0.15) is 32.6 Å². The summed E-state index contributed by atoms with van der Waals surface area (Å²) in [6.45, 7) is 2.60. The maximum Gasteiger partial charge on any atom is 0.272 e. The third-order valence-corrected chi connectivity index (χ3v) is 5.69. The number of anilines is 1. The van der Waals surface area contributed by atoms with Crippen LogP contribution in [0.15, 0.2) is 4.34 Å². The van der Waals surface area contributed by atoms with Gasteiger partial charge in [-0.25, -0.2) is 8.42 Å². The fraction of sp³-hybridized carbons (Fsp3) is 0.778. The highest BCUT2D eigenvalue weighted by atomic mass is 32.2. The molecule has 2 rings (SSSR count). The standard InChI is InChI=1S/C9H16N4O2S2/c1-2-3-6-13(7-4-5-7)17(14,15)9-12-11-8(10)16-9/h7H,2-6H2,1H3,(H2,10,11). The van der Waals surface area contributed by atoms with E-state index < -0.39 is 10.0 Å². The third kappa shape index (κ3) is 2.75. The predicted octanol–water partition coefficient (Wildman–Crippen LogP) is 1.07. The van der Waals surface area contributed by atoms with Crippen molar-refractivity contribution in [2.45, 2.75) is 43.0 Å². The molecule has 0 aromatic carbocycles. The van der Waals surface area contributed by atoms with Gasteiger partial charge >= 0.3 is 0 Å². The van der Waals surface area contributed by atoms with Crippen molar-refractivity contribution >= 4 is 26.5 Å². The Kier molecular flexibility index (Phi) is 3.64. The topological polar surface area (TPSA) is 89.2 Å². The van der Waals surface area contributed by atoms with E-state index in [1.165, 1.54) is 0 Å². The number of hydrogen-bond donors (Lipinski definition) is 1. The van der Waals surface area contributed by atoms with Crippen molar-refractivity contribution in [1.82, 2.24) is 14.5 Å². The highest BCUT2D eigenvalue weighted by Gasteiger charge is 2.39. The van der Waals surface area contributed by atoms with Crippen LogP contribution in [0.25, 0.3) is 0 Å². The molecule has 0 spiro atoms. The minimum atomic E-state index is -3.49. The van der Waals surface area contributed by atoms with Gasteiger partial charge in [0.2, 0.25) is 9.47 Å². The summed E-state index contributed by atoms with van der Waals surface area (Å²) in [5, 5.41) is 7.40. The number of hydrogen-bond acceptors (Lipinski definition) is 6. The summed E-state index contributed by atoms with van der Waals surface area (Å²) in [6.07, 6.45) is 3.72. The molecule has 96 valence electrons. The van der Waals surface area contributed by atoms with Crippen LogP contribution in [0.3, 0.4) is 0 Å². The Balaban J connectivity index is 2.21. The predicted molar refractivity (Wildman–Crippen MR) is 66.1 cm³/mol. The molecule has 8 heteroatoms. The average Bonchev–Trinajstić information content (AvgIpc) is 3.00. The second-order valence-corrected chi connectivity index (χ2v) is 7.18. The van der Waals surface area contributed by atoms with Crippen LogP contribution in [-0.4, -0.2) is 35.5 Å². The lowest BCUT2D eigenvalue weighted by Gasteiger charge is -2.19. The van der Waals surface area contributed by atoms with E-state index in [4.69, 9.17) is 5.73 Å². The molecule has 1 fully saturated rings. The van der Waals surface area contributed by atoms with Crippen molar-refractivity contribution < 1.29 is 8.42 Å². The van der Waals surface area contributed by atoms with Crippen molar-refractivity contribution in [3.05, 3.63) is 0 Å². The zero-order chi connectivity index (χ0) is 12.5. The molecule has 2 N–H and O–H groups in total. The molecule has 0 unspecified atom stereocenters. The van der Waals surface area contributed by atoms with E-state index in [9.17, 15) is 8.42 Å². The average molecular weight is 276 g/mol. The molecule has 6 nitrogen and oxygen atoms in total. The van der Waals surface area contributed by atoms with Gasteiger partial charge < -0.3 is 5.73 Å². The minimum absolute atomic E-state index is 0.0120. The Hall–Kier alpha value is -0.730. The summed E-state index contributed by atoms with van der Waals surface area (Å²) in [5.41, 5.74) is 5.43. The molecule has 1 heterocycles. The zero-order valence-corrected chi connectivity index (χ0v) is 11.3. The molecule has 0 aliphatic heterocycles. The normalized spacial score (nSPS) is 16.6. The molecule has 0 bridgehead atoms. The molecule has 0 radical (unpaired) electrons. The van der Waals surface area contributed by atoms with Crippen LogP contribution < -0.4 is 5.73 Å². The monoisotopic (exact) mass is 276 g/mol. The van der Waals surface area contributed by atoms with Gasteiger partial charge in [-0.15, -0.1) is 10.2 Å². The Morgan fingerprint density at radius 2 is 2.18 bits per heavy atom. The molecule has 17 heavy (non-hydrogen) atoms. The first-order chi connectivity index (χ1) is 8.05. The maximum atomic E-state index is 12.3. The zero-order valence-electron chi connectivity index (χ0n) is 9.66. The van der Waals surface area contributed by atoms with E-state index in [0.717, 1.165) is 37.0 Å². The third-order valence-electron chi connectivity index (χ3n) is 2.64. The van der Waals surface area contributed by atoms with Crippen LogP contribution in [0.5, 0.6) is 0 Å². The van der Waals surface area contributed by atoms with Crippen molar-refractivity contribution in [2.24, 2.45) is 0 Å². The van der Waals surface area contributed by atoms with E-state index in [2.05, 4.69) is 10.2 Å². The lowest BCUT2D eigenvalue weighted by molar-refractivity contribution is 0.395. The molecule has 1 aromatic heterocycles. The Bertz CT molecular complexity index is 481. The summed E-state index contributed by atoms with van der Waals surface area (Å²) in [6, 6.07) is 0.150. The molecule has 0 amide bonds. The molecule has 0 atom stereocenters. The Morgan fingerprint density at radius 1 is 1.47 bits per heavy atom. The fourth-order valence-corrected chi connectivity index (χ4v) is 4.22. The molecular weight excluding hydrogens is 260 g/mol. The number of rotatable bonds is 6. The van der Waals surface area contributed by atoms with E-state index >= 15 is 0 Å². The van der Waals surface area contributed by atoms with Crippen molar-refractivity contribution in [3.63, 3.8) is 0 Å². The molecule has 0 saturated heterocycles. The van der Waals surface area contributed by atoms with Gasteiger partial charge in [-0.1, -0.05) is 24.7 Å². The lowest BCUT2D eigenvalue weighted by Crippen LogP contribution is -2.34. The van der Waals surface area contributed by atoms with Gasteiger partial charge in [0, 0.05) is 12.6 Å². The van der Waals surface area contributed by atoms with Crippen LogP contribution in [0.2, 0.25) is 0 Å². The van der Waals surface area contributed by atoms with Gasteiger partial charge in [-0.3, -0.25) is 0 Å². The second-order valence-electron chi connectivity index (χ2n) is 4.11. The molecular formula is C9H16N4O2S2. The first-order valence-electron chi connectivity index (χ1n) is 5.66. The van der Waals surface area contributed by atoms with Crippen molar-refractivity contribution in [3.8, 4) is 0 Å². The number of sulfonamides is 1. The first kappa shape index (κ1) is 12.7. The Labute approximate surface area is 105 Å². The quantitative estimate of drug-likeness (QED) is 0.839.